The number of benzene rings is 1. The Morgan fingerprint density at radius 1 is 1.23 bits per heavy atom. The highest BCUT2D eigenvalue weighted by Crippen LogP contribution is 2.31. The minimum atomic E-state index is -0.0565. The van der Waals surface area contributed by atoms with Gasteiger partial charge in [0, 0.05) is 31.7 Å². The van der Waals surface area contributed by atoms with Crippen LogP contribution in [0.1, 0.15) is 33.6 Å². The number of hydrogen-bond donors (Lipinski definition) is 2. The van der Waals surface area contributed by atoms with Gasteiger partial charge in [-0.1, -0.05) is 12.1 Å². The quantitative estimate of drug-likeness (QED) is 0.550. The molecule has 26 heavy (non-hydrogen) atoms. The molecule has 6 heteroatoms. The van der Waals surface area contributed by atoms with E-state index in [2.05, 4.69) is 41.3 Å². The first-order valence-electron chi connectivity index (χ1n) is 9.83. The molecule has 1 aromatic rings. The van der Waals surface area contributed by atoms with Crippen LogP contribution in [0.15, 0.2) is 29.3 Å². The van der Waals surface area contributed by atoms with Gasteiger partial charge in [-0.15, -0.1) is 0 Å². The SMILES string of the molecule is CCNC(=NCC1COc2ccccc2O1)NCCN(C(C)C)C1CC1. The van der Waals surface area contributed by atoms with Crippen molar-refractivity contribution in [2.45, 2.75) is 51.8 Å². The van der Waals surface area contributed by atoms with Crippen molar-refractivity contribution in [1.82, 2.24) is 15.5 Å². The van der Waals surface area contributed by atoms with Crippen LogP contribution in [0.4, 0.5) is 0 Å². The Morgan fingerprint density at radius 3 is 2.69 bits per heavy atom. The molecule has 1 heterocycles. The van der Waals surface area contributed by atoms with Gasteiger partial charge in [-0.2, -0.15) is 0 Å². The average Bonchev–Trinajstić information content (AvgIpc) is 3.47. The minimum Gasteiger partial charge on any atom is -0.486 e. The van der Waals surface area contributed by atoms with Crippen LogP contribution in [0.2, 0.25) is 0 Å². The predicted octanol–water partition coefficient (Wildman–Crippen LogP) is 2.25. The van der Waals surface area contributed by atoms with Crippen molar-refractivity contribution in [3.8, 4) is 11.5 Å². The summed E-state index contributed by atoms with van der Waals surface area (Å²) in [5, 5.41) is 6.76. The molecule has 1 aliphatic carbocycles. The van der Waals surface area contributed by atoms with E-state index in [1.165, 1.54) is 12.8 Å². The standard InChI is InChI=1S/C20H32N4O2/c1-4-21-20(22-11-12-24(15(2)3)16-9-10-16)23-13-17-14-25-18-7-5-6-8-19(18)26-17/h5-8,15-17H,4,9-14H2,1-3H3,(H2,21,22,23). The van der Waals surface area contributed by atoms with Gasteiger partial charge in [-0.25, -0.2) is 4.99 Å². The summed E-state index contributed by atoms with van der Waals surface area (Å²) >= 11 is 0. The van der Waals surface area contributed by atoms with Crippen LogP contribution in [-0.2, 0) is 0 Å². The van der Waals surface area contributed by atoms with E-state index in [0.29, 0.717) is 19.2 Å². The Hall–Kier alpha value is -1.95. The fraction of sp³-hybridized carbons (Fsp3) is 0.650. The number of rotatable bonds is 8. The van der Waals surface area contributed by atoms with Crippen molar-refractivity contribution >= 4 is 5.96 Å². The molecule has 0 saturated heterocycles. The highest BCUT2D eigenvalue weighted by atomic mass is 16.6. The van der Waals surface area contributed by atoms with E-state index >= 15 is 0 Å². The summed E-state index contributed by atoms with van der Waals surface area (Å²) in [5.41, 5.74) is 0. The first-order chi connectivity index (χ1) is 12.7. The Morgan fingerprint density at radius 2 is 2.00 bits per heavy atom. The minimum absolute atomic E-state index is 0.0565. The summed E-state index contributed by atoms with van der Waals surface area (Å²) in [5.74, 6) is 2.45. The molecule has 1 saturated carbocycles. The molecule has 0 spiro atoms. The molecular weight excluding hydrogens is 328 g/mol. The fourth-order valence-corrected chi connectivity index (χ4v) is 3.26. The molecular formula is C20H32N4O2. The van der Waals surface area contributed by atoms with E-state index in [1.807, 2.05) is 24.3 Å². The fourth-order valence-electron chi connectivity index (χ4n) is 3.26. The number of guanidine groups is 1. The molecule has 0 bridgehead atoms. The molecule has 3 rings (SSSR count). The second-order valence-electron chi connectivity index (χ2n) is 7.21. The van der Waals surface area contributed by atoms with Gasteiger partial charge < -0.3 is 20.1 Å². The van der Waals surface area contributed by atoms with Crippen LogP contribution < -0.4 is 20.1 Å². The van der Waals surface area contributed by atoms with Gasteiger partial charge in [0.15, 0.2) is 23.6 Å². The molecule has 0 radical (unpaired) electrons. The van der Waals surface area contributed by atoms with Crippen molar-refractivity contribution in [1.29, 1.82) is 0 Å². The molecule has 1 aliphatic heterocycles. The number of nitrogens with one attached hydrogen (secondary N) is 2. The Kier molecular flexibility index (Phi) is 6.61. The monoisotopic (exact) mass is 360 g/mol. The number of fused-ring (bicyclic) bond motifs is 1. The van der Waals surface area contributed by atoms with Crippen LogP contribution in [0.25, 0.3) is 0 Å². The number of nitrogens with zero attached hydrogens (tertiary/aromatic N) is 2. The summed E-state index contributed by atoms with van der Waals surface area (Å²) in [6.45, 7) is 10.5. The molecule has 2 N–H and O–H groups in total. The lowest BCUT2D eigenvalue weighted by atomic mass is 10.2. The zero-order chi connectivity index (χ0) is 18.4. The average molecular weight is 361 g/mol. The highest BCUT2D eigenvalue weighted by Gasteiger charge is 2.30. The van der Waals surface area contributed by atoms with Crippen molar-refractivity contribution in [3.63, 3.8) is 0 Å². The second-order valence-corrected chi connectivity index (χ2v) is 7.21. The molecule has 0 aromatic heterocycles. The zero-order valence-corrected chi connectivity index (χ0v) is 16.2. The molecule has 2 aliphatic rings. The third kappa shape index (κ3) is 5.27. The Balaban J connectivity index is 1.48. The molecule has 1 unspecified atom stereocenters. The Labute approximate surface area is 157 Å². The van der Waals surface area contributed by atoms with Crippen molar-refractivity contribution < 1.29 is 9.47 Å². The van der Waals surface area contributed by atoms with Gasteiger partial charge in [-0.05, 0) is 45.7 Å². The third-order valence-corrected chi connectivity index (χ3v) is 4.71. The largest absolute Gasteiger partial charge is 0.486 e. The molecule has 1 aromatic carbocycles. The first kappa shape index (κ1) is 18.8. The number of hydrogen-bond acceptors (Lipinski definition) is 4. The van der Waals surface area contributed by atoms with Gasteiger partial charge in [0.25, 0.3) is 0 Å². The predicted molar refractivity (Wildman–Crippen MR) is 105 cm³/mol. The van der Waals surface area contributed by atoms with Crippen LogP contribution in [-0.4, -0.2) is 61.8 Å². The maximum atomic E-state index is 5.98. The van der Waals surface area contributed by atoms with Gasteiger partial charge in [-0.3, -0.25) is 4.90 Å². The third-order valence-electron chi connectivity index (χ3n) is 4.71. The summed E-state index contributed by atoms with van der Waals surface area (Å²) in [6.07, 6.45) is 2.62. The maximum Gasteiger partial charge on any atom is 0.191 e. The molecule has 6 nitrogen and oxygen atoms in total. The molecule has 0 amide bonds. The number of aliphatic imine (C=N–C) groups is 1. The van der Waals surface area contributed by atoms with E-state index in [4.69, 9.17) is 9.47 Å². The lowest BCUT2D eigenvalue weighted by molar-refractivity contribution is 0.0971. The van der Waals surface area contributed by atoms with Gasteiger partial charge in [0.1, 0.15) is 6.61 Å². The number of para-hydroxylation sites is 2. The van der Waals surface area contributed by atoms with E-state index in [1.54, 1.807) is 0 Å². The molecule has 1 fully saturated rings. The summed E-state index contributed by atoms with van der Waals surface area (Å²) in [6, 6.07) is 9.16. The first-order valence-corrected chi connectivity index (χ1v) is 9.83. The van der Waals surface area contributed by atoms with Crippen LogP contribution in [0.3, 0.4) is 0 Å². The highest BCUT2D eigenvalue weighted by molar-refractivity contribution is 5.79. The van der Waals surface area contributed by atoms with Gasteiger partial charge >= 0.3 is 0 Å². The number of ether oxygens (including phenoxy) is 2. The summed E-state index contributed by atoms with van der Waals surface area (Å²) < 4.78 is 11.7. The normalized spacial score (nSPS) is 19.7. The van der Waals surface area contributed by atoms with E-state index in [0.717, 1.165) is 43.1 Å². The zero-order valence-electron chi connectivity index (χ0n) is 16.2. The van der Waals surface area contributed by atoms with Gasteiger partial charge in [0.2, 0.25) is 0 Å². The van der Waals surface area contributed by atoms with E-state index < -0.39 is 0 Å². The molecule has 144 valence electrons. The van der Waals surface area contributed by atoms with E-state index in [9.17, 15) is 0 Å². The lowest BCUT2D eigenvalue weighted by Gasteiger charge is -2.27. The second kappa shape index (κ2) is 9.12. The van der Waals surface area contributed by atoms with Crippen LogP contribution >= 0.6 is 0 Å². The lowest BCUT2D eigenvalue weighted by Crippen LogP contribution is -2.44. The smallest absolute Gasteiger partial charge is 0.191 e. The Bertz CT molecular complexity index is 599. The van der Waals surface area contributed by atoms with Crippen LogP contribution in [0, 0.1) is 0 Å². The summed E-state index contributed by atoms with van der Waals surface area (Å²) in [7, 11) is 0. The maximum absolute atomic E-state index is 5.98. The van der Waals surface area contributed by atoms with Crippen molar-refractivity contribution in [2.24, 2.45) is 4.99 Å². The van der Waals surface area contributed by atoms with Crippen LogP contribution in [0.5, 0.6) is 11.5 Å². The van der Waals surface area contributed by atoms with Gasteiger partial charge in [0.05, 0.1) is 6.54 Å². The van der Waals surface area contributed by atoms with Crippen molar-refractivity contribution in [3.05, 3.63) is 24.3 Å². The van der Waals surface area contributed by atoms with E-state index in [-0.39, 0.29) is 6.10 Å². The topological polar surface area (TPSA) is 58.1 Å². The van der Waals surface area contributed by atoms with Crippen molar-refractivity contribution in [2.75, 3.05) is 32.8 Å². The summed E-state index contributed by atoms with van der Waals surface area (Å²) in [4.78, 5) is 7.26. The molecule has 1 atom stereocenters.